The van der Waals surface area contributed by atoms with E-state index in [1.165, 1.54) is 12.8 Å². The van der Waals surface area contributed by atoms with E-state index in [0.717, 1.165) is 24.2 Å². The highest BCUT2D eigenvalue weighted by Gasteiger charge is 2.17. The fraction of sp³-hybridized carbons (Fsp3) is 0.500. The third-order valence-corrected chi connectivity index (χ3v) is 3.29. The highest BCUT2D eigenvalue weighted by atomic mass is 16.5. The molecule has 0 aromatic heterocycles. The van der Waals surface area contributed by atoms with Gasteiger partial charge in [0.1, 0.15) is 5.75 Å². The van der Waals surface area contributed by atoms with Crippen molar-refractivity contribution in [1.82, 2.24) is 0 Å². The average Bonchev–Trinajstić information content (AvgIpc) is 2.81. The van der Waals surface area contributed by atoms with Crippen molar-refractivity contribution in [3.8, 4) is 5.75 Å². The highest BCUT2D eigenvalue weighted by Crippen LogP contribution is 2.26. The summed E-state index contributed by atoms with van der Waals surface area (Å²) in [6.07, 6.45) is 4.89. The Labute approximate surface area is 107 Å². The lowest BCUT2D eigenvalue weighted by Crippen LogP contribution is -2.15. The van der Waals surface area contributed by atoms with Crippen molar-refractivity contribution in [3.05, 3.63) is 29.8 Å². The molecule has 4 nitrogen and oxygen atoms in total. The molecular weight excluding hydrogens is 230 g/mol. The lowest BCUT2D eigenvalue weighted by Gasteiger charge is -2.15. The summed E-state index contributed by atoms with van der Waals surface area (Å²) in [6.45, 7) is 0. The van der Waals surface area contributed by atoms with Gasteiger partial charge in [-0.2, -0.15) is 0 Å². The minimum Gasteiger partial charge on any atom is -0.490 e. The Hall–Kier alpha value is -1.55. The van der Waals surface area contributed by atoms with E-state index in [9.17, 15) is 4.79 Å². The van der Waals surface area contributed by atoms with Gasteiger partial charge in [0, 0.05) is 6.04 Å². The number of carboxylic acids is 1. The summed E-state index contributed by atoms with van der Waals surface area (Å²) in [5.74, 6) is -0.0927. The van der Waals surface area contributed by atoms with Crippen LogP contribution in [0.25, 0.3) is 0 Å². The van der Waals surface area contributed by atoms with Crippen molar-refractivity contribution in [3.63, 3.8) is 0 Å². The molecule has 1 atom stereocenters. The van der Waals surface area contributed by atoms with E-state index in [2.05, 4.69) is 0 Å². The number of ether oxygens (including phenoxy) is 1. The van der Waals surface area contributed by atoms with Gasteiger partial charge in [-0.3, -0.25) is 4.79 Å². The van der Waals surface area contributed by atoms with Gasteiger partial charge in [-0.05, 0) is 43.4 Å². The number of nitrogens with two attached hydrogens (primary N) is 1. The minimum atomic E-state index is -0.885. The number of benzene rings is 1. The first-order chi connectivity index (χ1) is 8.65. The largest absolute Gasteiger partial charge is 0.490 e. The van der Waals surface area contributed by atoms with Crippen LogP contribution in [0, 0.1) is 0 Å². The second kappa shape index (κ2) is 5.87. The maximum Gasteiger partial charge on any atom is 0.305 e. The zero-order valence-corrected chi connectivity index (χ0v) is 10.3. The third-order valence-electron chi connectivity index (χ3n) is 3.29. The molecule has 0 spiro atoms. The molecule has 1 aromatic rings. The molecule has 1 aliphatic rings. The summed E-state index contributed by atoms with van der Waals surface area (Å²) in [6, 6.07) is 6.98. The topological polar surface area (TPSA) is 72.6 Å². The molecule has 0 radical (unpaired) electrons. The summed E-state index contributed by atoms with van der Waals surface area (Å²) in [7, 11) is 0. The standard InChI is InChI=1S/C14H19NO3/c15-13(9-14(16)17)10-4-3-7-12(8-10)18-11-5-1-2-6-11/h3-4,7-8,11,13H,1-2,5-6,9,15H2,(H,16,17). The van der Waals surface area contributed by atoms with Crippen molar-refractivity contribution < 1.29 is 14.6 Å². The lowest BCUT2D eigenvalue weighted by atomic mass is 10.0. The number of carbonyl (C=O) groups is 1. The molecule has 1 saturated carbocycles. The molecule has 0 heterocycles. The Morgan fingerprint density at radius 2 is 2.17 bits per heavy atom. The highest BCUT2D eigenvalue weighted by molar-refractivity contribution is 5.67. The molecule has 1 unspecified atom stereocenters. The summed E-state index contributed by atoms with van der Waals surface area (Å²) < 4.78 is 5.87. The maximum absolute atomic E-state index is 10.6. The Kier molecular flexibility index (Phi) is 4.20. The normalized spacial score (nSPS) is 17.6. The molecule has 98 valence electrons. The van der Waals surface area contributed by atoms with Crippen LogP contribution in [-0.2, 0) is 4.79 Å². The van der Waals surface area contributed by atoms with E-state index >= 15 is 0 Å². The Morgan fingerprint density at radius 1 is 1.44 bits per heavy atom. The molecule has 0 aliphatic heterocycles. The minimum absolute atomic E-state index is 0.0626. The number of rotatable bonds is 5. The fourth-order valence-electron chi connectivity index (χ4n) is 2.32. The second-order valence-electron chi connectivity index (χ2n) is 4.80. The molecule has 2 rings (SSSR count). The molecule has 1 fully saturated rings. The van der Waals surface area contributed by atoms with E-state index in [1.807, 2.05) is 24.3 Å². The van der Waals surface area contributed by atoms with E-state index in [4.69, 9.17) is 15.6 Å². The Bertz CT molecular complexity index is 413. The van der Waals surface area contributed by atoms with Crippen molar-refractivity contribution >= 4 is 5.97 Å². The monoisotopic (exact) mass is 249 g/mol. The molecule has 0 saturated heterocycles. The van der Waals surface area contributed by atoms with Crippen LogP contribution in [0.3, 0.4) is 0 Å². The van der Waals surface area contributed by atoms with Crippen LogP contribution in [0.4, 0.5) is 0 Å². The first kappa shape index (κ1) is 12.9. The van der Waals surface area contributed by atoms with Gasteiger partial charge in [-0.25, -0.2) is 0 Å². The predicted molar refractivity (Wildman–Crippen MR) is 68.5 cm³/mol. The molecule has 18 heavy (non-hydrogen) atoms. The number of aliphatic carboxylic acids is 1. The van der Waals surface area contributed by atoms with Crippen molar-refractivity contribution in [1.29, 1.82) is 0 Å². The van der Waals surface area contributed by atoms with E-state index < -0.39 is 12.0 Å². The first-order valence-corrected chi connectivity index (χ1v) is 6.39. The third kappa shape index (κ3) is 3.47. The molecule has 1 aromatic carbocycles. The molecule has 0 amide bonds. The lowest BCUT2D eigenvalue weighted by molar-refractivity contribution is -0.137. The second-order valence-corrected chi connectivity index (χ2v) is 4.80. The summed E-state index contributed by atoms with van der Waals surface area (Å²) >= 11 is 0. The predicted octanol–water partition coefficient (Wildman–Crippen LogP) is 2.48. The van der Waals surface area contributed by atoms with Gasteiger partial charge in [-0.1, -0.05) is 12.1 Å². The quantitative estimate of drug-likeness (QED) is 0.840. The molecule has 0 bridgehead atoms. The number of hydrogen-bond acceptors (Lipinski definition) is 3. The summed E-state index contributed by atoms with van der Waals surface area (Å²) in [4.78, 5) is 10.6. The van der Waals surface area contributed by atoms with E-state index in [-0.39, 0.29) is 6.42 Å². The van der Waals surface area contributed by atoms with Gasteiger partial charge in [0.05, 0.1) is 12.5 Å². The zero-order chi connectivity index (χ0) is 13.0. The van der Waals surface area contributed by atoms with Gasteiger partial charge in [0.2, 0.25) is 0 Å². The van der Waals surface area contributed by atoms with Gasteiger partial charge < -0.3 is 15.6 Å². The van der Waals surface area contributed by atoms with E-state index in [1.54, 1.807) is 0 Å². The van der Waals surface area contributed by atoms with Gasteiger partial charge in [-0.15, -0.1) is 0 Å². The van der Waals surface area contributed by atoms with Crippen LogP contribution < -0.4 is 10.5 Å². The van der Waals surface area contributed by atoms with Crippen LogP contribution in [0.15, 0.2) is 24.3 Å². The Balaban J connectivity index is 2.01. The van der Waals surface area contributed by atoms with E-state index in [0.29, 0.717) is 6.10 Å². The molecular formula is C14H19NO3. The smallest absolute Gasteiger partial charge is 0.305 e. The molecule has 3 N–H and O–H groups in total. The van der Waals surface area contributed by atoms with Crippen LogP contribution in [0.2, 0.25) is 0 Å². The van der Waals surface area contributed by atoms with Gasteiger partial charge >= 0.3 is 5.97 Å². The molecule has 4 heteroatoms. The van der Waals surface area contributed by atoms with Crippen LogP contribution >= 0.6 is 0 Å². The van der Waals surface area contributed by atoms with Crippen LogP contribution in [-0.4, -0.2) is 17.2 Å². The zero-order valence-electron chi connectivity index (χ0n) is 10.3. The van der Waals surface area contributed by atoms with Crippen molar-refractivity contribution in [2.75, 3.05) is 0 Å². The van der Waals surface area contributed by atoms with Crippen molar-refractivity contribution in [2.45, 2.75) is 44.2 Å². The number of carboxylic acid groups (broad SMARTS) is 1. The SMILES string of the molecule is NC(CC(=O)O)c1cccc(OC2CCCC2)c1. The van der Waals surface area contributed by atoms with Crippen LogP contribution in [0.1, 0.15) is 43.7 Å². The summed E-state index contributed by atoms with van der Waals surface area (Å²) in [5.41, 5.74) is 6.65. The van der Waals surface area contributed by atoms with Crippen LogP contribution in [0.5, 0.6) is 5.75 Å². The maximum atomic E-state index is 10.6. The molecule has 1 aliphatic carbocycles. The fourth-order valence-corrected chi connectivity index (χ4v) is 2.32. The number of hydrogen-bond donors (Lipinski definition) is 2. The van der Waals surface area contributed by atoms with Gasteiger partial charge in [0.25, 0.3) is 0 Å². The first-order valence-electron chi connectivity index (χ1n) is 6.39. The summed E-state index contributed by atoms with van der Waals surface area (Å²) in [5, 5.41) is 8.73. The van der Waals surface area contributed by atoms with Crippen molar-refractivity contribution in [2.24, 2.45) is 5.73 Å². The average molecular weight is 249 g/mol. The Morgan fingerprint density at radius 3 is 2.83 bits per heavy atom. The van der Waals surface area contributed by atoms with Gasteiger partial charge in [0.15, 0.2) is 0 Å².